The van der Waals surface area contributed by atoms with Crippen LogP contribution in [0.15, 0.2) is 34.9 Å². The van der Waals surface area contributed by atoms with E-state index in [0.717, 1.165) is 18.2 Å². The molecule has 1 amide bonds. The molecule has 0 unspecified atom stereocenters. The first-order valence-electron chi connectivity index (χ1n) is 6.94. The quantitative estimate of drug-likeness (QED) is 0.672. The largest absolute Gasteiger partial charge is 0.461 e. The number of benzene rings is 1. The number of amides is 1. The van der Waals surface area contributed by atoms with E-state index in [-0.39, 0.29) is 17.0 Å². The molecule has 0 saturated carbocycles. The smallest absolute Gasteiger partial charge is 0.223 e. The van der Waals surface area contributed by atoms with Gasteiger partial charge in [0.25, 0.3) is 0 Å². The Hall–Kier alpha value is -3.27. The van der Waals surface area contributed by atoms with Gasteiger partial charge >= 0.3 is 0 Å². The summed E-state index contributed by atoms with van der Waals surface area (Å²) in [4.78, 5) is 35.8. The number of hydrogen-bond acceptors (Lipinski definition) is 5. The summed E-state index contributed by atoms with van der Waals surface area (Å²) in [6, 6.07) is 6.41. The van der Waals surface area contributed by atoms with Gasteiger partial charge in [0.15, 0.2) is 17.5 Å². The summed E-state index contributed by atoms with van der Waals surface area (Å²) in [6.45, 7) is 2.80. The van der Waals surface area contributed by atoms with Crippen LogP contribution in [0.4, 0.5) is 10.1 Å². The second-order valence-electron chi connectivity index (χ2n) is 5.10. The van der Waals surface area contributed by atoms with E-state index in [1.165, 1.54) is 13.2 Å². The lowest BCUT2D eigenvalue weighted by Crippen LogP contribution is -2.23. The lowest BCUT2D eigenvalue weighted by molar-refractivity contribution is -0.114. The van der Waals surface area contributed by atoms with E-state index < -0.39 is 29.2 Å². The number of nitrogens with zero attached hydrogens (tertiary/aromatic N) is 1. The van der Waals surface area contributed by atoms with Crippen LogP contribution < -0.4 is 5.32 Å². The second kappa shape index (κ2) is 6.87. The van der Waals surface area contributed by atoms with E-state index in [9.17, 15) is 24.0 Å². The van der Waals surface area contributed by atoms with Gasteiger partial charge in [0.05, 0.1) is 18.0 Å². The van der Waals surface area contributed by atoms with Gasteiger partial charge in [0.1, 0.15) is 5.82 Å². The first-order valence-corrected chi connectivity index (χ1v) is 6.94. The monoisotopic (exact) mass is 328 g/mol. The van der Waals surface area contributed by atoms with Gasteiger partial charge in [-0.2, -0.15) is 5.26 Å². The molecule has 0 saturated heterocycles. The summed E-state index contributed by atoms with van der Waals surface area (Å²) >= 11 is 0. The number of halogens is 1. The molecule has 1 N–H and O–H groups in total. The van der Waals surface area contributed by atoms with Crippen molar-refractivity contribution in [2.45, 2.75) is 13.8 Å². The predicted molar refractivity (Wildman–Crippen MR) is 81.9 cm³/mol. The zero-order valence-electron chi connectivity index (χ0n) is 12.9. The fourth-order valence-corrected chi connectivity index (χ4v) is 2.12. The Morgan fingerprint density at radius 2 is 1.96 bits per heavy atom. The maximum absolute atomic E-state index is 13.6. The highest BCUT2D eigenvalue weighted by molar-refractivity contribution is 6.17. The zero-order chi connectivity index (χ0) is 17.9. The Bertz CT molecular complexity index is 864. The standard InChI is InChI=1S/C17H13FN2O4/c1-9-5-6-24-17(9)16(23)12(8-19)15(22)11-3-4-13(18)14(7-11)20-10(2)21/h3-7,12H,1-2H3,(H,20,21)/t12-/m0/s1. The third-order valence-corrected chi connectivity index (χ3v) is 3.30. The fraction of sp³-hybridized carbons (Fsp3) is 0.176. The topological polar surface area (TPSA) is 100 Å². The van der Waals surface area contributed by atoms with Crippen LogP contribution in [-0.4, -0.2) is 17.5 Å². The van der Waals surface area contributed by atoms with Crippen LogP contribution in [-0.2, 0) is 4.79 Å². The first kappa shape index (κ1) is 17.1. The number of ketones is 2. The molecule has 2 aromatic rings. The van der Waals surface area contributed by atoms with Gasteiger partial charge in [-0.1, -0.05) is 0 Å². The highest BCUT2D eigenvalue weighted by atomic mass is 19.1. The van der Waals surface area contributed by atoms with Crippen LogP contribution in [0, 0.1) is 30.0 Å². The molecule has 0 aliphatic rings. The molecule has 1 aromatic carbocycles. The molecular weight excluding hydrogens is 315 g/mol. The number of carbonyl (C=O) groups excluding carboxylic acids is 3. The fourth-order valence-electron chi connectivity index (χ4n) is 2.12. The molecule has 7 heteroatoms. The summed E-state index contributed by atoms with van der Waals surface area (Å²) in [6.07, 6.45) is 1.29. The third kappa shape index (κ3) is 3.38. The van der Waals surface area contributed by atoms with E-state index in [4.69, 9.17) is 4.42 Å². The van der Waals surface area contributed by atoms with E-state index >= 15 is 0 Å². The van der Waals surface area contributed by atoms with E-state index in [1.807, 2.05) is 0 Å². The van der Waals surface area contributed by atoms with Crippen LogP contribution in [0.3, 0.4) is 0 Å². The van der Waals surface area contributed by atoms with Crippen molar-refractivity contribution in [3.63, 3.8) is 0 Å². The highest BCUT2D eigenvalue weighted by Gasteiger charge is 2.31. The highest BCUT2D eigenvalue weighted by Crippen LogP contribution is 2.22. The number of rotatable bonds is 5. The molecule has 0 radical (unpaired) electrons. The van der Waals surface area contributed by atoms with Crippen LogP contribution >= 0.6 is 0 Å². The third-order valence-electron chi connectivity index (χ3n) is 3.30. The van der Waals surface area contributed by atoms with Gasteiger partial charge < -0.3 is 9.73 Å². The maximum Gasteiger partial charge on any atom is 0.223 e. The maximum atomic E-state index is 13.6. The number of Topliss-reactive ketones (excluding diaryl/α,β-unsaturated/α-hetero) is 2. The Morgan fingerprint density at radius 3 is 2.50 bits per heavy atom. The summed E-state index contributed by atoms with van der Waals surface area (Å²) in [7, 11) is 0. The van der Waals surface area contributed by atoms with Crippen LogP contribution in [0.25, 0.3) is 0 Å². The van der Waals surface area contributed by atoms with Crippen molar-refractivity contribution < 1.29 is 23.2 Å². The normalized spacial score (nSPS) is 11.4. The van der Waals surface area contributed by atoms with Crippen molar-refractivity contribution in [3.05, 3.63) is 53.2 Å². The lowest BCUT2D eigenvalue weighted by atomic mass is 9.92. The lowest BCUT2D eigenvalue weighted by Gasteiger charge is -2.09. The number of anilines is 1. The molecule has 0 spiro atoms. The molecule has 0 bridgehead atoms. The molecule has 6 nitrogen and oxygen atoms in total. The average molecular weight is 328 g/mol. The molecule has 1 heterocycles. The van der Waals surface area contributed by atoms with Gasteiger partial charge in [0.2, 0.25) is 11.7 Å². The molecule has 1 aromatic heterocycles. The van der Waals surface area contributed by atoms with Gasteiger partial charge in [-0.3, -0.25) is 14.4 Å². The Morgan fingerprint density at radius 1 is 1.25 bits per heavy atom. The predicted octanol–water partition coefficient (Wildman–Crippen LogP) is 2.89. The van der Waals surface area contributed by atoms with Crippen molar-refractivity contribution >= 4 is 23.2 Å². The average Bonchev–Trinajstić information content (AvgIpc) is 2.95. The Kier molecular flexibility index (Phi) is 4.90. The van der Waals surface area contributed by atoms with Gasteiger partial charge in [0, 0.05) is 12.5 Å². The van der Waals surface area contributed by atoms with Crippen molar-refractivity contribution in [1.29, 1.82) is 5.26 Å². The Balaban J connectivity index is 2.36. The Labute approximate surface area is 136 Å². The number of nitriles is 1. The zero-order valence-corrected chi connectivity index (χ0v) is 12.9. The molecule has 0 aliphatic heterocycles. The van der Waals surface area contributed by atoms with Crippen molar-refractivity contribution in [3.8, 4) is 6.07 Å². The van der Waals surface area contributed by atoms with Crippen molar-refractivity contribution in [2.24, 2.45) is 5.92 Å². The van der Waals surface area contributed by atoms with Crippen molar-refractivity contribution in [1.82, 2.24) is 0 Å². The van der Waals surface area contributed by atoms with Crippen LogP contribution in [0.2, 0.25) is 0 Å². The number of aryl methyl sites for hydroxylation is 1. The van der Waals surface area contributed by atoms with Gasteiger partial charge in [-0.25, -0.2) is 4.39 Å². The molecule has 1 atom stereocenters. The minimum absolute atomic E-state index is 0.0655. The van der Waals surface area contributed by atoms with E-state index in [2.05, 4.69) is 5.32 Å². The SMILES string of the molecule is CC(=O)Nc1cc(C(=O)[C@H](C#N)C(=O)c2occc2C)ccc1F. The molecular formula is C17H13FN2O4. The van der Waals surface area contributed by atoms with E-state index in [1.54, 1.807) is 19.1 Å². The molecule has 122 valence electrons. The first-order chi connectivity index (χ1) is 11.3. The van der Waals surface area contributed by atoms with Crippen LogP contribution in [0.1, 0.15) is 33.4 Å². The molecule has 0 aliphatic carbocycles. The van der Waals surface area contributed by atoms with Crippen LogP contribution in [0.5, 0.6) is 0 Å². The van der Waals surface area contributed by atoms with Crippen molar-refractivity contribution in [2.75, 3.05) is 5.32 Å². The molecule has 0 fully saturated rings. The molecule has 2 rings (SSSR count). The minimum atomic E-state index is -1.62. The van der Waals surface area contributed by atoms with Gasteiger partial charge in [-0.15, -0.1) is 0 Å². The number of hydrogen-bond donors (Lipinski definition) is 1. The summed E-state index contributed by atoms with van der Waals surface area (Å²) in [5.41, 5.74) is 0.238. The summed E-state index contributed by atoms with van der Waals surface area (Å²) in [5.74, 6) is -4.51. The molecule has 24 heavy (non-hydrogen) atoms. The number of nitrogens with one attached hydrogen (secondary N) is 1. The van der Waals surface area contributed by atoms with E-state index in [0.29, 0.717) is 5.56 Å². The summed E-state index contributed by atoms with van der Waals surface area (Å²) < 4.78 is 18.7. The number of furan rings is 1. The number of carbonyl (C=O) groups is 3. The van der Waals surface area contributed by atoms with Gasteiger partial charge in [-0.05, 0) is 36.8 Å². The minimum Gasteiger partial charge on any atom is -0.461 e. The second-order valence-corrected chi connectivity index (χ2v) is 5.10. The summed E-state index contributed by atoms with van der Waals surface area (Å²) in [5, 5.41) is 11.4.